The highest BCUT2D eigenvalue weighted by atomic mass is 32.1. The Morgan fingerprint density at radius 3 is 3.00 bits per heavy atom. The summed E-state index contributed by atoms with van der Waals surface area (Å²) in [5, 5.41) is 15.8. The Labute approximate surface area is 124 Å². The molecule has 2 aromatic rings. The minimum Gasteiger partial charge on any atom is -0.507 e. The van der Waals surface area contributed by atoms with Crippen LogP contribution in [0, 0.1) is 5.82 Å². The number of amides is 1. The average Bonchev–Trinajstić information content (AvgIpc) is 3.09. The third kappa shape index (κ3) is 2.42. The van der Waals surface area contributed by atoms with Gasteiger partial charge in [0.2, 0.25) is 0 Å². The number of carbonyl (C=O) groups excluding carboxylic acids is 1. The van der Waals surface area contributed by atoms with Gasteiger partial charge in [-0.3, -0.25) is 4.79 Å². The fourth-order valence-corrected chi connectivity index (χ4v) is 3.16. The van der Waals surface area contributed by atoms with Crippen LogP contribution in [0.15, 0.2) is 34.7 Å². The number of phenols is 1. The molecule has 0 bridgehead atoms. The van der Waals surface area contributed by atoms with E-state index in [1.807, 2.05) is 6.92 Å². The summed E-state index contributed by atoms with van der Waals surface area (Å²) in [7, 11) is 0. The zero-order chi connectivity index (χ0) is 15.0. The minimum atomic E-state index is -0.356. The molecule has 1 heterocycles. The molecule has 6 heteroatoms. The fourth-order valence-electron chi connectivity index (χ4n) is 2.54. The van der Waals surface area contributed by atoms with Gasteiger partial charge in [0, 0.05) is 11.1 Å². The van der Waals surface area contributed by atoms with E-state index in [1.165, 1.54) is 23.5 Å². The SMILES string of the molecule is C[C@@H]1C/C(=N\NC(=O)c2cccs2)c2c(O)ccc(F)c21. The lowest BCUT2D eigenvalue weighted by Crippen LogP contribution is -2.18. The number of hydrogen-bond acceptors (Lipinski definition) is 4. The third-order valence-electron chi connectivity index (χ3n) is 3.49. The van der Waals surface area contributed by atoms with Crippen LogP contribution in [0.1, 0.15) is 40.1 Å². The van der Waals surface area contributed by atoms with E-state index in [0.717, 1.165) is 0 Å². The van der Waals surface area contributed by atoms with E-state index >= 15 is 0 Å². The summed E-state index contributed by atoms with van der Waals surface area (Å²) >= 11 is 1.31. The first kappa shape index (κ1) is 13.8. The molecule has 1 amide bonds. The van der Waals surface area contributed by atoms with Crippen LogP contribution >= 0.6 is 11.3 Å². The van der Waals surface area contributed by atoms with E-state index in [4.69, 9.17) is 0 Å². The van der Waals surface area contributed by atoms with Crippen molar-refractivity contribution in [3.63, 3.8) is 0 Å². The number of hydrazone groups is 1. The van der Waals surface area contributed by atoms with Crippen LogP contribution in [0.5, 0.6) is 5.75 Å². The predicted octanol–water partition coefficient (Wildman–Crippen LogP) is 3.23. The molecule has 0 aliphatic heterocycles. The van der Waals surface area contributed by atoms with Crippen molar-refractivity contribution in [2.45, 2.75) is 19.3 Å². The van der Waals surface area contributed by atoms with Gasteiger partial charge < -0.3 is 5.11 Å². The number of nitrogens with one attached hydrogen (secondary N) is 1. The van der Waals surface area contributed by atoms with E-state index in [-0.39, 0.29) is 23.4 Å². The molecule has 0 saturated carbocycles. The molecule has 1 aliphatic rings. The summed E-state index contributed by atoms with van der Waals surface area (Å²) in [6.45, 7) is 1.87. The first-order valence-corrected chi connectivity index (χ1v) is 7.38. The predicted molar refractivity (Wildman–Crippen MR) is 79.4 cm³/mol. The van der Waals surface area contributed by atoms with Gasteiger partial charge in [-0.15, -0.1) is 11.3 Å². The second-order valence-corrected chi connectivity index (χ2v) is 5.88. The zero-order valence-corrected chi connectivity index (χ0v) is 12.1. The molecule has 0 spiro atoms. The number of halogens is 1. The molecule has 1 aromatic heterocycles. The van der Waals surface area contributed by atoms with Crippen molar-refractivity contribution in [3.8, 4) is 5.75 Å². The van der Waals surface area contributed by atoms with Crippen LogP contribution < -0.4 is 5.43 Å². The summed E-state index contributed by atoms with van der Waals surface area (Å²) in [6, 6.07) is 6.03. The van der Waals surface area contributed by atoms with E-state index in [2.05, 4.69) is 10.5 Å². The summed E-state index contributed by atoms with van der Waals surface area (Å²) in [5.74, 6) is -0.760. The van der Waals surface area contributed by atoms with Crippen molar-refractivity contribution < 1.29 is 14.3 Å². The number of nitrogens with zero attached hydrogens (tertiary/aromatic N) is 1. The summed E-state index contributed by atoms with van der Waals surface area (Å²) in [5.41, 5.74) is 3.82. The number of carbonyl (C=O) groups is 1. The topological polar surface area (TPSA) is 61.7 Å². The maximum Gasteiger partial charge on any atom is 0.281 e. The maximum absolute atomic E-state index is 13.9. The third-order valence-corrected chi connectivity index (χ3v) is 4.36. The molecule has 3 rings (SSSR count). The Morgan fingerprint density at radius 1 is 1.48 bits per heavy atom. The molecule has 0 fully saturated rings. The summed E-state index contributed by atoms with van der Waals surface area (Å²) in [4.78, 5) is 12.4. The Bertz CT molecular complexity index is 726. The van der Waals surface area contributed by atoms with Crippen LogP contribution in [0.25, 0.3) is 0 Å². The largest absolute Gasteiger partial charge is 0.507 e. The van der Waals surface area contributed by atoms with Crippen LogP contribution in [-0.4, -0.2) is 16.7 Å². The molecule has 108 valence electrons. The van der Waals surface area contributed by atoms with Crippen molar-refractivity contribution in [1.29, 1.82) is 0 Å². The molecule has 1 aliphatic carbocycles. The lowest BCUT2D eigenvalue weighted by atomic mass is 10.0. The number of aromatic hydroxyl groups is 1. The second-order valence-electron chi connectivity index (χ2n) is 4.94. The number of thiophene rings is 1. The molecule has 21 heavy (non-hydrogen) atoms. The Morgan fingerprint density at radius 2 is 2.29 bits per heavy atom. The van der Waals surface area contributed by atoms with Gasteiger partial charge in [0.25, 0.3) is 5.91 Å². The van der Waals surface area contributed by atoms with E-state index in [1.54, 1.807) is 17.5 Å². The highest BCUT2D eigenvalue weighted by molar-refractivity contribution is 7.12. The summed E-state index contributed by atoms with van der Waals surface area (Å²) < 4.78 is 13.9. The normalized spacial score (nSPS) is 18.8. The molecule has 1 aromatic carbocycles. The van der Waals surface area contributed by atoms with Crippen LogP contribution in [-0.2, 0) is 0 Å². The lowest BCUT2D eigenvalue weighted by molar-refractivity contribution is 0.0959. The van der Waals surface area contributed by atoms with Gasteiger partial charge in [0.05, 0.1) is 10.6 Å². The van der Waals surface area contributed by atoms with Gasteiger partial charge in [-0.2, -0.15) is 5.10 Å². The van der Waals surface area contributed by atoms with Crippen LogP contribution in [0.4, 0.5) is 4.39 Å². The fraction of sp³-hybridized carbons (Fsp3) is 0.200. The molecule has 0 saturated heterocycles. The number of fused-ring (bicyclic) bond motifs is 1. The lowest BCUT2D eigenvalue weighted by Gasteiger charge is -2.06. The molecule has 0 radical (unpaired) electrons. The molecule has 4 nitrogen and oxygen atoms in total. The first-order chi connectivity index (χ1) is 10.1. The van der Waals surface area contributed by atoms with Crippen molar-refractivity contribution in [3.05, 3.63) is 51.5 Å². The van der Waals surface area contributed by atoms with E-state index in [0.29, 0.717) is 28.1 Å². The Hall–Kier alpha value is -2.21. The van der Waals surface area contributed by atoms with Crippen LogP contribution in [0.2, 0.25) is 0 Å². The Kier molecular flexibility index (Phi) is 3.47. The summed E-state index contributed by atoms with van der Waals surface area (Å²) in [6.07, 6.45) is 0.481. The zero-order valence-electron chi connectivity index (χ0n) is 11.3. The van der Waals surface area contributed by atoms with Gasteiger partial charge in [-0.25, -0.2) is 9.82 Å². The monoisotopic (exact) mass is 304 g/mol. The molecular weight excluding hydrogens is 291 g/mol. The van der Waals surface area contributed by atoms with E-state index in [9.17, 15) is 14.3 Å². The van der Waals surface area contributed by atoms with Crippen molar-refractivity contribution >= 4 is 23.0 Å². The van der Waals surface area contributed by atoms with Gasteiger partial charge in [-0.1, -0.05) is 13.0 Å². The molecule has 0 unspecified atom stereocenters. The van der Waals surface area contributed by atoms with Crippen LogP contribution in [0.3, 0.4) is 0 Å². The molecular formula is C15H13FN2O2S. The van der Waals surface area contributed by atoms with Crippen molar-refractivity contribution in [1.82, 2.24) is 5.43 Å². The highest BCUT2D eigenvalue weighted by Gasteiger charge is 2.30. The number of benzene rings is 1. The van der Waals surface area contributed by atoms with Gasteiger partial charge in [0.1, 0.15) is 11.6 Å². The Balaban J connectivity index is 1.91. The van der Waals surface area contributed by atoms with Gasteiger partial charge >= 0.3 is 0 Å². The highest BCUT2D eigenvalue weighted by Crippen LogP contribution is 2.39. The maximum atomic E-state index is 13.9. The van der Waals surface area contributed by atoms with E-state index < -0.39 is 0 Å². The second kappa shape index (κ2) is 5.29. The number of hydrogen-bond donors (Lipinski definition) is 2. The quantitative estimate of drug-likeness (QED) is 0.837. The van der Waals surface area contributed by atoms with Gasteiger partial charge in [0.15, 0.2) is 0 Å². The smallest absolute Gasteiger partial charge is 0.281 e. The molecule has 1 atom stereocenters. The standard InChI is InChI=1S/C15H13FN2O2S/c1-8-7-10(14-11(19)5-4-9(16)13(8)14)17-18-15(20)12-3-2-6-21-12/h2-6,8,19H,7H2,1H3,(H,18,20)/b17-10+/t8-/m1/s1. The first-order valence-electron chi connectivity index (χ1n) is 6.50. The van der Waals surface area contributed by atoms with Gasteiger partial charge in [-0.05, 0) is 35.9 Å². The number of phenolic OH excluding ortho intramolecular Hbond substituents is 1. The minimum absolute atomic E-state index is 0.0140. The molecule has 2 N–H and O–H groups in total. The van der Waals surface area contributed by atoms with Crippen molar-refractivity contribution in [2.75, 3.05) is 0 Å². The average molecular weight is 304 g/mol. The van der Waals surface area contributed by atoms with Crippen molar-refractivity contribution in [2.24, 2.45) is 5.10 Å². The number of rotatable bonds is 2.